The molecule has 1 amide bonds. The molecule has 1 heterocycles. The molecule has 0 radical (unpaired) electrons. The molecule has 1 unspecified atom stereocenters. The molecule has 0 aromatic heterocycles. The Balaban J connectivity index is 2.16. The predicted octanol–water partition coefficient (Wildman–Crippen LogP) is 1.81. The van der Waals surface area contributed by atoms with Gasteiger partial charge in [0.15, 0.2) is 0 Å². The largest absolute Gasteiger partial charge is 0.508 e. The number of carbonyl (C=O) groups excluding carboxylic acids is 2. The Morgan fingerprint density at radius 3 is 2.44 bits per heavy atom. The van der Waals surface area contributed by atoms with Gasteiger partial charge in [-0.3, -0.25) is 9.59 Å². The van der Waals surface area contributed by atoms with E-state index in [1.165, 1.54) is 24.1 Å². The minimum absolute atomic E-state index is 0.0356. The number of rotatable bonds is 5. The number of ether oxygens (including phenoxy) is 1. The van der Waals surface area contributed by atoms with Crippen LogP contribution in [0.3, 0.4) is 0 Å². The van der Waals surface area contributed by atoms with Crippen LogP contribution < -0.4 is 4.74 Å². The lowest BCUT2D eigenvalue weighted by Crippen LogP contribution is -2.32. The quantitative estimate of drug-likeness (QED) is 0.422. The lowest BCUT2D eigenvalue weighted by molar-refractivity contribution is -0.140. The van der Waals surface area contributed by atoms with Gasteiger partial charge < -0.3 is 25.0 Å². The van der Waals surface area contributed by atoms with Crippen molar-refractivity contribution in [3.05, 3.63) is 65.2 Å². The molecule has 3 N–H and O–H groups in total. The number of aromatic hydroxyl groups is 1. The van der Waals surface area contributed by atoms with Gasteiger partial charge in [0, 0.05) is 12.1 Å². The first-order chi connectivity index (χ1) is 13.0. The Labute approximate surface area is 155 Å². The topological polar surface area (TPSA) is 107 Å². The lowest BCUT2D eigenvalue weighted by atomic mass is 9.95. The zero-order valence-corrected chi connectivity index (χ0v) is 14.6. The van der Waals surface area contributed by atoms with Crippen LogP contribution in [-0.4, -0.2) is 52.2 Å². The second-order valence-electron chi connectivity index (χ2n) is 6.04. The molecule has 0 saturated carbocycles. The normalized spacial score (nSPS) is 18.7. The summed E-state index contributed by atoms with van der Waals surface area (Å²) >= 11 is 0. The highest BCUT2D eigenvalue weighted by Gasteiger charge is 2.45. The van der Waals surface area contributed by atoms with Gasteiger partial charge in [0.1, 0.15) is 17.3 Å². The van der Waals surface area contributed by atoms with E-state index < -0.39 is 17.7 Å². The maximum absolute atomic E-state index is 12.6. The van der Waals surface area contributed by atoms with E-state index in [4.69, 9.17) is 4.74 Å². The van der Waals surface area contributed by atoms with Crippen LogP contribution in [0.2, 0.25) is 0 Å². The van der Waals surface area contributed by atoms with Crippen molar-refractivity contribution in [2.24, 2.45) is 0 Å². The van der Waals surface area contributed by atoms with E-state index in [-0.39, 0.29) is 30.2 Å². The van der Waals surface area contributed by atoms with E-state index in [0.717, 1.165) is 0 Å². The minimum atomic E-state index is -0.911. The Hall–Kier alpha value is -3.32. The molecule has 3 rings (SSSR count). The molecule has 7 heteroatoms. The van der Waals surface area contributed by atoms with Crippen LogP contribution in [0.1, 0.15) is 17.2 Å². The van der Waals surface area contributed by atoms with Gasteiger partial charge in [-0.2, -0.15) is 0 Å². The molecule has 1 aliphatic rings. The summed E-state index contributed by atoms with van der Waals surface area (Å²) in [6.45, 7) is -0.421. The summed E-state index contributed by atoms with van der Waals surface area (Å²) in [5.74, 6) is -1.44. The summed E-state index contributed by atoms with van der Waals surface area (Å²) < 4.78 is 5.08. The van der Waals surface area contributed by atoms with Gasteiger partial charge >= 0.3 is 0 Å². The SMILES string of the molecule is COc1ccc(C(O)=C2C(=O)C(=O)N(CCO)C2c2cccc(O)c2)cc1. The van der Waals surface area contributed by atoms with E-state index in [2.05, 4.69) is 0 Å². The number of likely N-dealkylation sites (tertiary alicyclic amines) is 1. The van der Waals surface area contributed by atoms with Gasteiger partial charge in [0.2, 0.25) is 0 Å². The number of nitrogens with zero attached hydrogens (tertiary/aromatic N) is 1. The number of phenols is 1. The van der Waals surface area contributed by atoms with Crippen molar-refractivity contribution in [2.45, 2.75) is 6.04 Å². The van der Waals surface area contributed by atoms with Crippen LogP contribution in [0.25, 0.3) is 5.76 Å². The Morgan fingerprint density at radius 2 is 1.85 bits per heavy atom. The third-order valence-electron chi connectivity index (χ3n) is 4.43. The van der Waals surface area contributed by atoms with Crippen molar-refractivity contribution in [1.29, 1.82) is 0 Å². The Bertz CT molecular complexity index is 903. The number of methoxy groups -OCH3 is 1. The number of ketones is 1. The van der Waals surface area contributed by atoms with Gasteiger partial charge in [-0.15, -0.1) is 0 Å². The highest BCUT2D eigenvalue weighted by Crippen LogP contribution is 2.40. The molecule has 2 aromatic carbocycles. The third-order valence-corrected chi connectivity index (χ3v) is 4.43. The number of hydrogen-bond donors (Lipinski definition) is 3. The van der Waals surface area contributed by atoms with Crippen molar-refractivity contribution in [2.75, 3.05) is 20.3 Å². The van der Waals surface area contributed by atoms with Crippen LogP contribution in [0, 0.1) is 0 Å². The van der Waals surface area contributed by atoms with E-state index in [0.29, 0.717) is 16.9 Å². The van der Waals surface area contributed by atoms with Crippen LogP contribution in [0.4, 0.5) is 0 Å². The van der Waals surface area contributed by atoms with E-state index in [1.54, 1.807) is 36.4 Å². The maximum atomic E-state index is 12.6. The molecule has 140 valence electrons. The molecule has 1 saturated heterocycles. The van der Waals surface area contributed by atoms with E-state index in [9.17, 15) is 24.9 Å². The highest BCUT2D eigenvalue weighted by molar-refractivity contribution is 6.46. The first kappa shape index (κ1) is 18.5. The average Bonchev–Trinajstić information content (AvgIpc) is 2.93. The molecule has 7 nitrogen and oxygen atoms in total. The smallest absolute Gasteiger partial charge is 0.295 e. The molecule has 0 aliphatic carbocycles. The molecule has 27 heavy (non-hydrogen) atoms. The molecule has 0 bridgehead atoms. The zero-order valence-electron chi connectivity index (χ0n) is 14.6. The van der Waals surface area contributed by atoms with E-state index in [1.807, 2.05) is 0 Å². The summed E-state index contributed by atoms with van der Waals surface area (Å²) in [5, 5.41) is 29.9. The summed E-state index contributed by atoms with van der Waals surface area (Å²) in [6, 6.07) is 11.6. The van der Waals surface area contributed by atoms with Crippen molar-refractivity contribution < 1.29 is 29.6 Å². The fourth-order valence-electron chi connectivity index (χ4n) is 3.16. The molecule has 1 aliphatic heterocycles. The summed E-state index contributed by atoms with van der Waals surface area (Å²) in [7, 11) is 1.51. The Kier molecular flexibility index (Phi) is 5.14. The monoisotopic (exact) mass is 369 g/mol. The molecular formula is C20H19NO6. The number of benzene rings is 2. The van der Waals surface area contributed by atoms with Crippen molar-refractivity contribution in [1.82, 2.24) is 4.90 Å². The number of carbonyl (C=O) groups is 2. The second kappa shape index (κ2) is 7.51. The first-order valence-corrected chi connectivity index (χ1v) is 8.30. The Morgan fingerprint density at radius 1 is 1.15 bits per heavy atom. The molecular weight excluding hydrogens is 350 g/mol. The molecule has 1 fully saturated rings. The molecule has 2 aromatic rings. The van der Waals surface area contributed by atoms with Crippen LogP contribution in [0.5, 0.6) is 11.5 Å². The summed E-state index contributed by atoms with van der Waals surface area (Å²) in [6.07, 6.45) is 0. The van der Waals surface area contributed by atoms with Gasteiger partial charge in [0.05, 0.1) is 25.3 Å². The highest BCUT2D eigenvalue weighted by atomic mass is 16.5. The van der Waals surface area contributed by atoms with E-state index >= 15 is 0 Å². The second-order valence-corrected chi connectivity index (χ2v) is 6.04. The van der Waals surface area contributed by atoms with Gasteiger partial charge in [-0.1, -0.05) is 12.1 Å². The zero-order chi connectivity index (χ0) is 19.6. The number of phenolic OH excluding ortho intramolecular Hbond substituents is 1. The van der Waals surface area contributed by atoms with Crippen molar-refractivity contribution in [3.63, 3.8) is 0 Å². The fourth-order valence-corrected chi connectivity index (χ4v) is 3.16. The fraction of sp³-hybridized carbons (Fsp3) is 0.200. The standard InChI is InChI=1S/C20H19NO6/c1-27-15-7-5-12(6-8-15)18(24)16-17(13-3-2-4-14(23)11-13)21(9-10-22)20(26)19(16)25/h2-8,11,17,22-24H,9-10H2,1H3. The van der Waals surface area contributed by atoms with Crippen LogP contribution in [-0.2, 0) is 9.59 Å². The number of β-amino-alcohol motifs (C(OH)–C–C–N with tert-alkyl or cyclic N) is 1. The third kappa shape index (κ3) is 3.37. The molecule has 1 atom stereocenters. The van der Waals surface area contributed by atoms with Crippen LogP contribution >= 0.6 is 0 Å². The number of Topliss-reactive ketones (excluding diaryl/α,β-unsaturated/α-hetero) is 1. The van der Waals surface area contributed by atoms with Gasteiger partial charge in [0.25, 0.3) is 11.7 Å². The maximum Gasteiger partial charge on any atom is 0.295 e. The van der Waals surface area contributed by atoms with Gasteiger partial charge in [-0.05, 0) is 42.0 Å². The summed E-state index contributed by atoms with van der Waals surface area (Å²) in [4.78, 5) is 26.3. The van der Waals surface area contributed by atoms with Crippen molar-refractivity contribution >= 4 is 17.4 Å². The predicted molar refractivity (Wildman–Crippen MR) is 97.2 cm³/mol. The van der Waals surface area contributed by atoms with Crippen molar-refractivity contribution in [3.8, 4) is 11.5 Å². The number of aliphatic hydroxyl groups excluding tert-OH is 2. The molecule has 0 spiro atoms. The summed E-state index contributed by atoms with van der Waals surface area (Å²) in [5.41, 5.74) is 0.713. The first-order valence-electron chi connectivity index (χ1n) is 8.30. The number of amides is 1. The average molecular weight is 369 g/mol. The minimum Gasteiger partial charge on any atom is -0.508 e. The van der Waals surface area contributed by atoms with Gasteiger partial charge in [-0.25, -0.2) is 0 Å². The van der Waals surface area contributed by atoms with Crippen LogP contribution in [0.15, 0.2) is 54.1 Å². The number of aliphatic hydroxyl groups is 2. The number of hydrogen-bond acceptors (Lipinski definition) is 6. The lowest BCUT2D eigenvalue weighted by Gasteiger charge is -2.24.